The summed E-state index contributed by atoms with van der Waals surface area (Å²) in [6.45, 7) is -0.818. The zero-order valence-corrected chi connectivity index (χ0v) is 15.4. The average Bonchev–Trinajstić information content (AvgIpc) is 2.45. The van der Waals surface area contributed by atoms with Gasteiger partial charge in [-0.2, -0.15) is 0 Å². The molecule has 0 spiro atoms. The lowest BCUT2D eigenvalue weighted by Crippen LogP contribution is -2.06. The average molecular weight is 331 g/mol. The maximum absolute atomic E-state index is 13.2. The molecule has 0 saturated carbocycles. The van der Waals surface area contributed by atoms with Crippen molar-refractivity contribution in [3.8, 4) is 0 Å². The summed E-state index contributed by atoms with van der Waals surface area (Å²) in [6.07, 6.45) is 2.21. The molecular formula is C14H30F4Si2. The van der Waals surface area contributed by atoms with Gasteiger partial charge in [-0.15, -0.1) is 0 Å². The second kappa shape index (κ2) is 15.5. The van der Waals surface area contributed by atoms with Crippen LogP contribution in [0.3, 0.4) is 0 Å². The van der Waals surface area contributed by atoms with Crippen LogP contribution in [-0.2, 0) is 0 Å². The zero-order chi connectivity index (χ0) is 15.1. The molecule has 0 aliphatic rings. The Hall–Kier alpha value is 0.154. The minimum Gasteiger partial charge on any atom is -0.251 e. The van der Waals surface area contributed by atoms with Gasteiger partial charge in [0, 0.05) is 19.0 Å². The molecule has 0 bridgehead atoms. The van der Waals surface area contributed by atoms with E-state index in [2.05, 4.69) is 0 Å². The summed E-state index contributed by atoms with van der Waals surface area (Å²) in [6, 6.07) is 3.69. The normalized spacial score (nSPS) is 15.6. The lowest BCUT2D eigenvalue weighted by molar-refractivity contribution is 0.316. The van der Waals surface area contributed by atoms with Gasteiger partial charge in [-0.25, -0.2) is 8.78 Å². The van der Waals surface area contributed by atoms with E-state index in [1.807, 2.05) is 0 Å². The second-order valence-corrected chi connectivity index (χ2v) is 9.54. The van der Waals surface area contributed by atoms with Crippen LogP contribution in [-0.4, -0.2) is 44.7 Å². The number of unbranched alkanes of at least 4 members (excludes halogenated alkanes) is 1. The molecule has 0 radical (unpaired) electrons. The second-order valence-electron chi connectivity index (χ2n) is 5.56. The number of hydrogen-bond acceptors (Lipinski definition) is 0. The predicted octanol–water partition coefficient (Wildman–Crippen LogP) is 3.95. The molecule has 0 amide bonds. The third kappa shape index (κ3) is 14.6. The summed E-state index contributed by atoms with van der Waals surface area (Å²) in [4.78, 5) is 0. The summed E-state index contributed by atoms with van der Waals surface area (Å²) in [5.74, 6) is 0. The van der Waals surface area contributed by atoms with Crippen LogP contribution in [0.15, 0.2) is 0 Å². The Bertz CT molecular complexity index is 176. The highest BCUT2D eigenvalue weighted by molar-refractivity contribution is 6.36. The molecule has 0 aromatic carbocycles. The monoisotopic (exact) mass is 330 g/mol. The Morgan fingerprint density at radius 3 is 1.40 bits per heavy atom. The fourth-order valence-corrected chi connectivity index (χ4v) is 5.78. The highest BCUT2D eigenvalue weighted by Crippen LogP contribution is 2.12. The van der Waals surface area contributed by atoms with Crippen molar-refractivity contribution in [1.82, 2.24) is 0 Å². The third-order valence-electron chi connectivity index (χ3n) is 3.59. The molecule has 0 heterocycles. The van der Waals surface area contributed by atoms with Gasteiger partial charge >= 0.3 is 0 Å². The van der Waals surface area contributed by atoms with Gasteiger partial charge in [0.15, 0.2) is 0 Å². The number of hydrogen-bond donors (Lipinski definition) is 0. The summed E-state index contributed by atoms with van der Waals surface area (Å²) in [7, 11) is -0.646. The van der Waals surface area contributed by atoms with E-state index in [9.17, 15) is 17.6 Å². The Labute approximate surface area is 125 Å². The molecule has 2 atom stereocenters. The van der Waals surface area contributed by atoms with Gasteiger partial charge in [0.1, 0.15) is 0 Å². The van der Waals surface area contributed by atoms with Crippen LogP contribution in [0.4, 0.5) is 17.6 Å². The van der Waals surface area contributed by atoms with Gasteiger partial charge in [0.2, 0.25) is 0 Å². The minimum atomic E-state index is -0.783. The highest BCUT2D eigenvalue weighted by atomic mass is 28.2. The molecule has 0 nitrogen and oxygen atoms in total. The first kappa shape index (κ1) is 20.2. The van der Waals surface area contributed by atoms with Crippen LogP contribution >= 0.6 is 0 Å². The van der Waals surface area contributed by atoms with Crippen molar-refractivity contribution in [1.29, 1.82) is 0 Å². The molecule has 0 aromatic rings. The molecule has 0 aliphatic carbocycles. The van der Waals surface area contributed by atoms with Crippen molar-refractivity contribution in [2.45, 2.75) is 75.0 Å². The van der Waals surface area contributed by atoms with Crippen LogP contribution in [0.2, 0.25) is 24.2 Å². The van der Waals surface area contributed by atoms with E-state index >= 15 is 0 Å². The predicted molar refractivity (Wildman–Crippen MR) is 85.8 cm³/mol. The van der Waals surface area contributed by atoms with Gasteiger partial charge in [-0.1, -0.05) is 24.9 Å². The van der Waals surface area contributed by atoms with Gasteiger partial charge in [-0.3, -0.25) is 8.78 Å². The van der Waals surface area contributed by atoms with E-state index in [1.54, 1.807) is 0 Å². The molecule has 0 fully saturated rings. The van der Waals surface area contributed by atoms with Crippen molar-refractivity contribution >= 4 is 19.0 Å². The Kier molecular flexibility index (Phi) is 15.7. The summed E-state index contributed by atoms with van der Waals surface area (Å²) in [5.41, 5.74) is 0. The number of halogens is 4. The Balaban J connectivity index is 3.16. The van der Waals surface area contributed by atoms with Crippen molar-refractivity contribution < 1.29 is 17.6 Å². The van der Waals surface area contributed by atoms with Crippen molar-refractivity contribution in [2.24, 2.45) is 0 Å². The molecule has 0 N–H and O–H groups in total. The maximum atomic E-state index is 13.2. The van der Waals surface area contributed by atoms with E-state index in [4.69, 9.17) is 0 Å². The summed E-state index contributed by atoms with van der Waals surface area (Å²) >= 11 is 0. The first-order chi connectivity index (χ1) is 9.70. The van der Waals surface area contributed by atoms with Gasteiger partial charge in [0.25, 0.3) is 0 Å². The molecule has 0 rings (SSSR count). The minimum absolute atomic E-state index is 0.323. The number of alkyl halides is 4. The van der Waals surface area contributed by atoms with Crippen LogP contribution < -0.4 is 0 Å². The van der Waals surface area contributed by atoms with Crippen molar-refractivity contribution in [3.63, 3.8) is 0 Å². The first-order valence-corrected chi connectivity index (χ1v) is 12.1. The Morgan fingerprint density at radius 1 is 0.650 bits per heavy atom. The van der Waals surface area contributed by atoms with Crippen LogP contribution in [0.1, 0.15) is 38.5 Å². The lowest BCUT2D eigenvalue weighted by Gasteiger charge is -2.07. The van der Waals surface area contributed by atoms with E-state index in [1.165, 1.54) is 0 Å². The Morgan fingerprint density at radius 2 is 1.05 bits per heavy atom. The number of rotatable bonds is 15. The quantitative estimate of drug-likeness (QED) is 0.242. The van der Waals surface area contributed by atoms with Crippen LogP contribution in [0, 0.1) is 0 Å². The molecule has 6 heteroatoms. The molecule has 2 unspecified atom stereocenters. The van der Waals surface area contributed by atoms with Gasteiger partial charge in [0.05, 0.1) is 25.7 Å². The molecule has 0 aliphatic heterocycles. The van der Waals surface area contributed by atoms with Gasteiger partial charge in [-0.05, 0) is 37.8 Å². The fraction of sp³-hybridized carbons (Fsp3) is 1.00. The SMILES string of the molecule is FCCCC(F)C[SiH2]CCCC[SiH2]CC(F)CCCF. The molecule has 122 valence electrons. The van der Waals surface area contributed by atoms with Crippen molar-refractivity contribution in [2.75, 3.05) is 13.3 Å². The smallest absolute Gasteiger partial charge is 0.0974 e. The summed E-state index contributed by atoms with van der Waals surface area (Å²) in [5, 5.41) is 0. The maximum Gasteiger partial charge on any atom is 0.0974 e. The summed E-state index contributed by atoms with van der Waals surface area (Å²) < 4.78 is 50.1. The van der Waals surface area contributed by atoms with Crippen LogP contribution in [0.25, 0.3) is 0 Å². The van der Waals surface area contributed by atoms with Crippen LogP contribution in [0.5, 0.6) is 0 Å². The van der Waals surface area contributed by atoms with Crippen molar-refractivity contribution in [3.05, 3.63) is 0 Å². The fourth-order valence-electron chi connectivity index (χ4n) is 2.32. The highest BCUT2D eigenvalue weighted by Gasteiger charge is 2.07. The lowest BCUT2D eigenvalue weighted by atomic mass is 10.2. The van der Waals surface area contributed by atoms with Gasteiger partial charge < -0.3 is 0 Å². The zero-order valence-electron chi connectivity index (χ0n) is 12.6. The molecule has 0 saturated heterocycles. The largest absolute Gasteiger partial charge is 0.251 e. The standard InChI is InChI=1S/C14H30F4Si2/c15-7-3-5-13(17)11-19-9-1-2-10-20-12-14(18)6-4-8-16/h13-14H,1-12,19-20H2. The molecular weight excluding hydrogens is 300 g/mol. The topological polar surface area (TPSA) is 0 Å². The third-order valence-corrected chi connectivity index (χ3v) is 7.66. The van der Waals surface area contributed by atoms with E-state index in [0.717, 1.165) is 24.9 Å². The molecule has 0 aromatic heterocycles. The van der Waals surface area contributed by atoms with E-state index in [-0.39, 0.29) is 19.0 Å². The van der Waals surface area contributed by atoms with E-state index < -0.39 is 25.7 Å². The van der Waals surface area contributed by atoms with E-state index in [0.29, 0.717) is 37.8 Å². The molecule has 20 heavy (non-hydrogen) atoms. The first-order valence-electron chi connectivity index (χ1n) is 8.10.